The van der Waals surface area contributed by atoms with Crippen LogP contribution in [-0.2, 0) is 11.3 Å². The SMILES string of the molecule is CC1CC1C(=O)N1CCN(Cc2ccc(OC(F)(F)F)cc2)CC1. The van der Waals surface area contributed by atoms with Crippen molar-refractivity contribution in [3.8, 4) is 5.75 Å². The Labute approximate surface area is 139 Å². The van der Waals surface area contributed by atoms with Gasteiger partial charge in [0.15, 0.2) is 0 Å². The predicted molar refractivity (Wildman–Crippen MR) is 82.3 cm³/mol. The lowest BCUT2D eigenvalue weighted by Crippen LogP contribution is -2.48. The Balaban J connectivity index is 1.46. The van der Waals surface area contributed by atoms with Crippen molar-refractivity contribution in [2.75, 3.05) is 26.2 Å². The van der Waals surface area contributed by atoms with Crippen molar-refractivity contribution in [2.24, 2.45) is 11.8 Å². The largest absolute Gasteiger partial charge is 0.573 e. The number of halogens is 3. The van der Waals surface area contributed by atoms with Gasteiger partial charge in [0.1, 0.15) is 5.75 Å². The van der Waals surface area contributed by atoms with E-state index in [9.17, 15) is 18.0 Å². The fraction of sp³-hybridized carbons (Fsp3) is 0.588. The van der Waals surface area contributed by atoms with Crippen LogP contribution in [0.2, 0.25) is 0 Å². The van der Waals surface area contributed by atoms with Crippen LogP contribution in [0.15, 0.2) is 24.3 Å². The molecule has 0 aromatic heterocycles. The van der Waals surface area contributed by atoms with Gasteiger partial charge < -0.3 is 9.64 Å². The number of alkyl halides is 3. The van der Waals surface area contributed by atoms with Gasteiger partial charge in [-0.3, -0.25) is 9.69 Å². The van der Waals surface area contributed by atoms with Gasteiger partial charge in [0.25, 0.3) is 0 Å². The highest BCUT2D eigenvalue weighted by molar-refractivity contribution is 5.81. The molecule has 1 aliphatic heterocycles. The van der Waals surface area contributed by atoms with Crippen molar-refractivity contribution >= 4 is 5.91 Å². The zero-order valence-electron chi connectivity index (χ0n) is 13.6. The monoisotopic (exact) mass is 342 g/mol. The maximum Gasteiger partial charge on any atom is 0.573 e. The Morgan fingerprint density at radius 2 is 1.75 bits per heavy atom. The minimum atomic E-state index is -4.66. The van der Waals surface area contributed by atoms with Crippen LogP contribution in [0.25, 0.3) is 0 Å². The molecule has 1 aromatic rings. The molecule has 1 saturated carbocycles. The highest BCUT2D eigenvalue weighted by atomic mass is 19.4. The summed E-state index contributed by atoms with van der Waals surface area (Å²) in [7, 11) is 0. The zero-order chi connectivity index (χ0) is 17.3. The molecule has 2 aliphatic rings. The van der Waals surface area contributed by atoms with Crippen LogP contribution in [0.1, 0.15) is 18.9 Å². The van der Waals surface area contributed by atoms with Gasteiger partial charge in [0.2, 0.25) is 5.91 Å². The van der Waals surface area contributed by atoms with E-state index in [2.05, 4.69) is 16.6 Å². The minimum Gasteiger partial charge on any atom is -0.406 e. The summed E-state index contributed by atoms with van der Waals surface area (Å²) >= 11 is 0. The molecule has 0 spiro atoms. The standard InChI is InChI=1S/C17H21F3N2O2/c1-12-10-15(12)16(23)22-8-6-21(7-9-22)11-13-2-4-14(5-3-13)24-17(18,19)20/h2-5,12,15H,6-11H2,1H3. The van der Waals surface area contributed by atoms with Gasteiger partial charge in [-0.25, -0.2) is 0 Å². The minimum absolute atomic E-state index is 0.208. The van der Waals surface area contributed by atoms with E-state index in [-0.39, 0.29) is 17.6 Å². The Morgan fingerprint density at radius 3 is 2.25 bits per heavy atom. The molecule has 1 saturated heterocycles. The molecule has 2 atom stereocenters. The quantitative estimate of drug-likeness (QED) is 0.844. The molecule has 2 unspecified atom stereocenters. The Hall–Kier alpha value is -1.76. The number of rotatable bonds is 4. The highest BCUT2D eigenvalue weighted by Crippen LogP contribution is 2.39. The molecule has 7 heteroatoms. The van der Waals surface area contributed by atoms with Crippen LogP contribution < -0.4 is 4.74 Å². The Kier molecular flexibility index (Phi) is 4.71. The number of carbonyl (C=O) groups is 1. The second-order valence-electron chi connectivity index (χ2n) is 6.61. The first-order chi connectivity index (χ1) is 11.3. The maximum absolute atomic E-state index is 12.2. The van der Waals surface area contributed by atoms with Gasteiger partial charge in [-0.05, 0) is 30.0 Å². The number of ether oxygens (including phenoxy) is 1. The van der Waals surface area contributed by atoms with Crippen molar-refractivity contribution in [3.63, 3.8) is 0 Å². The topological polar surface area (TPSA) is 32.8 Å². The molecule has 4 nitrogen and oxygen atoms in total. The second-order valence-corrected chi connectivity index (χ2v) is 6.61. The third kappa shape index (κ3) is 4.41. The number of carbonyl (C=O) groups excluding carboxylic acids is 1. The summed E-state index contributed by atoms with van der Waals surface area (Å²) in [6, 6.07) is 5.95. The summed E-state index contributed by atoms with van der Waals surface area (Å²) in [5.74, 6) is 0.807. The lowest BCUT2D eigenvalue weighted by Gasteiger charge is -2.35. The third-order valence-corrected chi connectivity index (χ3v) is 4.67. The van der Waals surface area contributed by atoms with Crippen LogP contribution in [-0.4, -0.2) is 48.2 Å². The molecular weight excluding hydrogens is 321 g/mol. The number of hydrogen-bond acceptors (Lipinski definition) is 3. The van der Waals surface area contributed by atoms with E-state index in [1.165, 1.54) is 12.1 Å². The van der Waals surface area contributed by atoms with Crippen LogP contribution in [0.3, 0.4) is 0 Å². The molecule has 24 heavy (non-hydrogen) atoms. The number of amides is 1. The van der Waals surface area contributed by atoms with Crippen molar-refractivity contribution < 1.29 is 22.7 Å². The zero-order valence-corrected chi connectivity index (χ0v) is 13.6. The smallest absolute Gasteiger partial charge is 0.406 e. The lowest BCUT2D eigenvalue weighted by atomic mass is 10.2. The molecule has 1 heterocycles. The van der Waals surface area contributed by atoms with Crippen LogP contribution in [0.5, 0.6) is 5.75 Å². The first kappa shape index (κ1) is 17.1. The van der Waals surface area contributed by atoms with Gasteiger partial charge in [-0.15, -0.1) is 13.2 Å². The van der Waals surface area contributed by atoms with Crippen LogP contribution in [0.4, 0.5) is 13.2 Å². The highest BCUT2D eigenvalue weighted by Gasteiger charge is 2.41. The van der Waals surface area contributed by atoms with E-state index >= 15 is 0 Å². The first-order valence-corrected chi connectivity index (χ1v) is 8.17. The van der Waals surface area contributed by atoms with Crippen LogP contribution in [0, 0.1) is 11.8 Å². The average Bonchev–Trinajstić information content (AvgIpc) is 3.25. The van der Waals surface area contributed by atoms with E-state index in [1.807, 2.05) is 4.90 Å². The molecule has 0 N–H and O–H groups in total. The molecule has 0 radical (unpaired) electrons. The summed E-state index contributed by atoms with van der Waals surface area (Å²) in [6.45, 7) is 5.77. The molecule has 1 aromatic carbocycles. The van der Waals surface area contributed by atoms with E-state index in [0.717, 1.165) is 38.2 Å². The Morgan fingerprint density at radius 1 is 1.17 bits per heavy atom. The summed E-state index contributed by atoms with van der Waals surface area (Å²) in [5.41, 5.74) is 0.931. The van der Waals surface area contributed by atoms with Gasteiger partial charge in [0, 0.05) is 38.6 Å². The van der Waals surface area contributed by atoms with Crippen molar-refractivity contribution in [3.05, 3.63) is 29.8 Å². The van der Waals surface area contributed by atoms with E-state index in [4.69, 9.17) is 0 Å². The normalized spacial score (nSPS) is 24.8. The van der Waals surface area contributed by atoms with Crippen LogP contribution >= 0.6 is 0 Å². The summed E-state index contributed by atoms with van der Waals surface area (Å²) in [5, 5.41) is 0. The molecule has 2 fully saturated rings. The molecular formula is C17H21F3N2O2. The van der Waals surface area contributed by atoms with Gasteiger partial charge in [-0.1, -0.05) is 19.1 Å². The number of hydrogen-bond donors (Lipinski definition) is 0. The third-order valence-electron chi connectivity index (χ3n) is 4.67. The molecule has 1 amide bonds. The van der Waals surface area contributed by atoms with Gasteiger partial charge in [0.05, 0.1) is 0 Å². The fourth-order valence-corrected chi connectivity index (χ4v) is 3.08. The lowest BCUT2D eigenvalue weighted by molar-refractivity contribution is -0.274. The van der Waals surface area contributed by atoms with Gasteiger partial charge in [-0.2, -0.15) is 0 Å². The molecule has 3 rings (SSSR count). The molecule has 132 valence electrons. The molecule has 0 bridgehead atoms. The number of benzene rings is 1. The Bertz CT molecular complexity index is 580. The maximum atomic E-state index is 12.2. The average molecular weight is 342 g/mol. The van der Waals surface area contributed by atoms with E-state index in [1.54, 1.807) is 12.1 Å². The summed E-state index contributed by atoms with van der Waals surface area (Å²) < 4.78 is 40.3. The first-order valence-electron chi connectivity index (χ1n) is 8.17. The van der Waals surface area contributed by atoms with E-state index in [0.29, 0.717) is 12.5 Å². The number of piperazine rings is 1. The summed E-state index contributed by atoms with van der Waals surface area (Å²) in [6.07, 6.45) is -3.66. The second kappa shape index (κ2) is 6.63. The number of nitrogens with zero attached hydrogens (tertiary/aromatic N) is 2. The summed E-state index contributed by atoms with van der Waals surface area (Å²) in [4.78, 5) is 16.3. The van der Waals surface area contributed by atoms with Crippen molar-refractivity contribution in [1.29, 1.82) is 0 Å². The van der Waals surface area contributed by atoms with Crippen molar-refractivity contribution in [1.82, 2.24) is 9.80 Å². The van der Waals surface area contributed by atoms with Crippen molar-refractivity contribution in [2.45, 2.75) is 26.3 Å². The van der Waals surface area contributed by atoms with E-state index < -0.39 is 6.36 Å². The van der Waals surface area contributed by atoms with Gasteiger partial charge >= 0.3 is 6.36 Å². The predicted octanol–water partition coefficient (Wildman–Crippen LogP) is 2.89. The molecule has 1 aliphatic carbocycles. The fourth-order valence-electron chi connectivity index (χ4n) is 3.08.